The summed E-state index contributed by atoms with van der Waals surface area (Å²) in [6.45, 7) is 6.79. The summed E-state index contributed by atoms with van der Waals surface area (Å²) in [4.78, 5) is 26.5. The van der Waals surface area contributed by atoms with Crippen molar-refractivity contribution in [3.8, 4) is 0 Å². The molecule has 0 bridgehead atoms. The predicted octanol–water partition coefficient (Wildman–Crippen LogP) is 2.95. The Labute approximate surface area is 195 Å². The number of likely N-dealkylation sites (N-methyl/N-ethyl adjacent to an activating group) is 1. The molecule has 180 valence electrons. The molecule has 2 aromatic carbocycles. The standard InChI is InChI=1S/C24H32FN3O4S/c1-4-27(18-23(29)26-17-20-7-12-21(25)13-8-20)24(30)16-11-19-9-14-22(15-10-19)33(31,32)28(5-2)6-3/h7-10,12-15H,4-6,11,16-18H2,1-3H3,(H,26,29). The van der Waals surface area contributed by atoms with E-state index in [9.17, 15) is 22.4 Å². The highest BCUT2D eigenvalue weighted by molar-refractivity contribution is 7.89. The van der Waals surface area contributed by atoms with Crippen LogP contribution in [0, 0.1) is 5.82 Å². The summed E-state index contributed by atoms with van der Waals surface area (Å²) >= 11 is 0. The average Bonchev–Trinajstić information content (AvgIpc) is 2.81. The van der Waals surface area contributed by atoms with E-state index >= 15 is 0 Å². The molecule has 0 radical (unpaired) electrons. The number of rotatable bonds is 12. The molecule has 0 aliphatic carbocycles. The van der Waals surface area contributed by atoms with Crippen molar-refractivity contribution >= 4 is 21.8 Å². The number of aryl methyl sites for hydroxylation is 1. The molecular formula is C24H32FN3O4S. The molecule has 0 saturated heterocycles. The topological polar surface area (TPSA) is 86.8 Å². The molecule has 2 aromatic rings. The van der Waals surface area contributed by atoms with Gasteiger partial charge in [0.05, 0.1) is 11.4 Å². The minimum atomic E-state index is -3.51. The highest BCUT2D eigenvalue weighted by Crippen LogP contribution is 2.17. The molecule has 1 N–H and O–H groups in total. The molecule has 0 aromatic heterocycles. The van der Waals surface area contributed by atoms with Gasteiger partial charge in [-0.1, -0.05) is 38.1 Å². The van der Waals surface area contributed by atoms with Crippen molar-refractivity contribution in [1.29, 1.82) is 0 Å². The average molecular weight is 478 g/mol. The smallest absolute Gasteiger partial charge is 0.243 e. The van der Waals surface area contributed by atoms with Crippen LogP contribution >= 0.6 is 0 Å². The third-order valence-corrected chi connectivity index (χ3v) is 7.43. The SMILES string of the molecule is CCN(CC(=O)NCc1ccc(F)cc1)C(=O)CCc1ccc(S(=O)(=O)N(CC)CC)cc1. The number of nitrogens with zero attached hydrogens (tertiary/aromatic N) is 2. The largest absolute Gasteiger partial charge is 0.350 e. The molecule has 0 heterocycles. The first kappa shape index (κ1) is 26.5. The minimum absolute atomic E-state index is 0.0580. The summed E-state index contributed by atoms with van der Waals surface area (Å²) in [6, 6.07) is 12.4. The zero-order valence-electron chi connectivity index (χ0n) is 19.4. The number of halogens is 1. The maximum absolute atomic E-state index is 13.0. The number of carbonyl (C=O) groups excluding carboxylic acids is 2. The molecule has 0 spiro atoms. The second-order valence-electron chi connectivity index (χ2n) is 7.54. The van der Waals surface area contributed by atoms with Gasteiger partial charge in [0.2, 0.25) is 21.8 Å². The number of hydrogen-bond donors (Lipinski definition) is 1. The van der Waals surface area contributed by atoms with Gasteiger partial charge in [0.15, 0.2) is 0 Å². The molecule has 2 rings (SSSR count). The van der Waals surface area contributed by atoms with Crippen LogP contribution in [-0.2, 0) is 32.6 Å². The summed E-state index contributed by atoms with van der Waals surface area (Å²) in [7, 11) is -3.51. The van der Waals surface area contributed by atoms with E-state index in [1.165, 1.54) is 21.3 Å². The number of carbonyl (C=O) groups is 2. The summed E-state index contributed by atoms with van der Waals surface area (Å²) in [5, 5.41) is 2.73. The summed E-state index contributed by atoms with van der Waals surface area (Å²) < 4.78 is 39.5. The second-order valence-corrected chi connectivity index (χ2v) is 9.48. The molecule has 0 unspecified atom stereocenters. The highest BCUT2D eigenvalue weighted by Gasteiger charge is 2.21. The molecule has 0 aliphatic heterocycles. The van der Waals surface area contributed by atoms with Crippen molar-refractivity contribution in [2.24, 2.45) is 0 Å². The van der Waals surface area contributed by atoms with Crippen LogP contribution in [0.4, 0.5) is 4.39 Å². The Morgan fingerprint density at radius 2 is 1.45 bits per heavy atom. The Balaban J connectivity index is 1.87. The van der Waals surface area contributed by atoms with Gasteiger partial charge in [-0.15, -0.1) is 0 Å². The number of sulfonamides is 1. The zero-order valence-corrected chi connectivity index (χ0v) is 20.2. The number of nitrogens with one attached hydrogen (secondary N) is 1. The lowest BCUT2D eigenvalue weighted by molar-refractivity contribution is -0.135. The third kappa shape index (κ3) is 7.64. The monoisotopic (exact) mass is 477 g/mol. The van der Waals surface area contributed by atoms with Crippen molar-refractivity contribution in [3.63, 3.8) is 0 Å². The van der Waals surface area contributed by atoms with E-state index in [1.807, 2.05) is 0 Å². The van der Waals surface area contributed by atoms with Crippen LogP contribution in [0.1, 0.15) is 38.3 Å². The van der Waals surface area contributed by atoms with Crippen molar-refractivity contribution < 1.29 is 22.4 Å². The Morgan fingerprint density at radius 3 is 2.00 bits per heavy atom. The number of hydrogen-bond acceptors (Lipinski definition) is 4. The Kier molecular flexibility index (Phi) is 9.99. The van der Waals surface area contributed by atoms with E-state index in [-0.39, 0.29) is 42.0 Å². The molecular weight excluding hydrogens is 445 g/mol. The Hall–Kier alpha value is -2.78. The van der Waals surface area contributed by atoms with Crippen molar-refractivity contribution in [2.75, 3.05) is 26.2 Å². The maximum Gasteiger partial charge on any atom is 0.243 e. The van der Waals surface area contributed by atoms with Gasteiger partial charge >= 0.3 is 0 Å². The quantitative estimate of drug-likeness (QED) is 0.509. The predicted molar refractivity (Wildman–Crippen MR) is 125 cm³/mol. The molecule has 0 fully saturated rings. The van der Waals surface area contributed by atoms with Crippen LogP contribution in [0.5, 0.6) is 0 Å². The fraction of sp³-hybridized carbons (Fsp3) is 0.417. The molecule has 2 amide bonds. The Morgan fingerprint density at radius 1 is 0.879 bits per heavy atom. The van der Waals surface area contributed by atoms with Gasteiger partial charge in [-0.2, -0.15) is 4.31 Å². The molecule has 7 nitrogen and oxygen atoms in total. The molecule has 33 heavy (non-hydrogen) atoms. The van der Waals surface area contributed by atoms with Gasteiger partial charge in [0, 0.05) is 32.6 Å². The van der Waals surface area contributed by atoms with Crippen LogP contribution in [0.25, 0.3) is 0 Å². The lowest BCUT2D eigenvalue weighted by atomic mass is 10.1. The van der Waals surface area contributed by atoms with E-state index in [4.69, 9.17) is 0 Å². The van der Waals surface area contributed by atoms with Gasteiger partial charge in [-0.25, -0.2) is 12.8 Å². The van der Waals surface area contributed by atoms with E-state index in [2.05, 4.69) is 5.32 Å². The van der Waals surface area contributed by atoms with Crippen LogP contribution in [0.15, 0.2) is 53.4 Å². The van der Waals surface area contributed by atoms with Crippen LogP contribution in [-0.4, -0.2) is 55.6 Å². The molecule has 9 heteroatoms. The molecule has 0 saturated carbocycles. The second kappa shape index (κ2) is 12.5. The van der Waals surface area contributed by atoms with Crippen LogP contribution < -0.4 is 5.32 Å². The lowest BCUT2D eigenvalue weighted by Gasteiger charge is -2.20. The van der Waals surface area contributed by atoms with Gasteiger partial charge in [0.1, 0.15) is 5.82 Å². The van der Waals surface area contributed by atoms with Crippen molar-refractivity contribution in [3.05, 3.63) is 65.5 Å². The van der Waals surface area contributed by atoms with Gasteiger partial charge < -0.3 is 10.2 Å². The normalized spacial score (nSPS) is 11.4. The lowest BCUT2D eigenvalue weighted by Crippen LogP contribution is -2.40. The van der Waals surface area contributed by atoms with Gasteiger partial charge in [0.25, 0.3) is 0 Å². The third-order valence-electron chi connectivity index (χ3n) is 5.37. The number of benzene rings is 2. The number of amides is 2. The van der Waals surface area contributed by atoms with E-state index < -0.39 is 10.0 Å². The minimum Gasteiger partial charge on any atom is -0.350 e. The molecule has 0 atom stereocenters. The summed E-state index contributed by atoms with van der Waals surface area (Å²) in [5.74, 6) is -0.789. The fourth-order valence-electron chi connectivity index (χ4n) is 3.36. The van der Waals surface area contributed by atoms with Crippen LogP contribution in [0.3, 0.4) is 0 Å². The maximum atomic E-state index is 13.0. The van der Waals surface area contributed by atoms with Crippen LogP contribution in [0.2, 0.25) is 0 Å². The van der Waals surface area contributed by atoms with E-state index in [1.54, 1.807) is 57.2 Å². The molecule has 0 aliphatic rings. The van der Waals surface area contributed by atoms with E-state index in [0.29, 0.717) is 26.1 Å². The highest BCUT2D eigenvalue weighted by atomic mass is 32.2. The fourth-order valence-corrected chi connectivity index (χ4v) is 4.82. The van der Waals surface area contributed by atoms with Crippen molar-refractivity contribution in [2.45, 2.75) is 45.1 Å². The first-order valence-corrected chi connectivity index (χ1v) is 12.5. The first-order chi connectivity index (χ1) is 15.7. The van der Waals surface area contributed by atoms with Gasteiger partial charge in [-0.05, 0) is 48.7 Å². The summed E-state index contributed by atoms with van der Waals surface area (Å²) in [6.07, 6.45) is 0.652. The van der Waals surface area contributed by atoms with Gasteiger partial charge in [-0.3, -0.25) is 9.59 Å². The zero-order chi connectivity index (χ0) is 24.4. The van der Waals surface area contributed by atoms with Crippen molar-refractivity contribution in [1.82, 2.24) is 14.5 Å². The summed E-state index contributed by atoms with van der Waals surface area (Å²) in [5.41, 5.74) is 1.62. The van der Waals surface area contributed by atoms with E-state index in [0.717, 1.165) is 11.1 Å². The first-order valence-electron chi connectivity index (χ1n) is 11.1. The Bertz CT molecular complexity index is 1020.